The lowest BCUT2D eigenvalue weighted by atomic mass is 10.1. The van der Waals surface area contributed by atoms with Gasteiger partial charge in [0, 0.05) is 24.2 Å². The molecule has 3 rings (SSSR count). The summed E-state index contributed by atoms with van der Waals surface area (Å²) in [5.41, 5.74) is 0.966. The maximum absolute atomic E-state index is 13.0. The molecular weight excluding hydrogens is 392 g/mol. The maximum Gasteiger partial charge on any atom is 0.255 e. The molecule has 1 aliphatic heterocycles. The van der Waals surface area contributed by atoms with E-state index in [0.29, 0.717) is 11.3 Å². The number of hydrogen-bond acceptors (Lipinski definition) is 5. The molecule has 0 radical (unpaired) electrons. The Morgan fingerprint density at radius 3 is 2.34 bits per heavy atom. The van der Waals surface area contributed by atoms with Gasteiger partial charge in [-0.05, 0) is 51.1 Å². The van der Waals surface area contributed by atoms with Crippen molar-refractivity contribution in [1.29, 1.82) is 0 Å². The molecule has 7 nitrogen and oxygen atoms in total. The predicted molar refractivity (Wildman–Crippen MR) is 110 cm³/mol. The molecule has 0 aromatic heterocycles. The van der Waals surface area contributed by atoms with Crippen LogP contribution >= 0.6 is 0 Å². The molecule has 1 amide bonds. The van der Waals surface area contributed by atoms with Gasteiger partial charge in [-0.25, -0.2) is 8.42 Å². The third-order valence-electron chi connectivity index (χ3n) is 4.67. The molecule has 1 fully saturated rings. The Balaban J connectivity index is 1.86. The molecule has 0 spiro atoms. The molecule has 1 saturated heterocycles. The zero-order valence-electron chi connectivity index (χ0n) is 16.6. The number of anilines is 1. The van der Waals surface area contributed by atoms with Gasteiger partial charge in [0.25, 0.3) is 5.91 Å². The lowest BCUT2D eigenvalue weighted by Gasteiger charge is -2.34. The van der Waals surface area contributed by atoms with Crippen LogP contribution in [0.25, 0.3) is 0 Å². The summed E-state index contributed by atoms with van der Waals surface area (Å²) < 4.78 is 33.1. The molecule has 2 atom stereocenters. The van der Waals surface area contributed by atoms with E-state index >= 15 is 0 Å². The number of rotatable bonds is 5. The molecular formula is C21H24N2O5S. The second kappa shape index (κ2) is 8.44. The second-order valence-corrected chi connectivity index (χ2v) is 9.10. The summed E-state index contributed by atoms with van der Waals surface area (Å²) in [6.07, 6.45) is -0.411. The van der Waals surface area contributed by atoms with E-state index < -0.39 is 15.9 Å². The zero-order chi connectivity index (χ0) is 21.2. The van der Waals surface area contributed by atoms with Crippen LogP contribution in [0.2, 0.25) is 0 Å². The van der Waals surface area contributed by atoms with Gasteiger partial charge in [0.15, 0.2) is 5.78 Å². The van der Waals surface area contributed by atoms with Crippen LogP contribution in [-0.2, 0) is 14.8 Å². The number of ether oxygens (including phenoxy) is 1. The Morgan fingerprint density at radius 1 is 1.03 bits per heavy atom. The molecule has 1 heterocycles. The molecule has 8 heteroatoms. The number of carbonyl (C=O) groups is 2. The lowest BCUT2D eigenvalue weighted by molar-refractivity contribution is -0.0440. The van der Waals surface area contributed by atoms with Gasteiger partial charge in [0.2, 0.25) is 10.0 Å². The highest BCUT2D eigenvalue weighted by atomic mass is 32.2. The summed E-state index contributed by atoms with van der Waals surface area (Å²) in [6, 6.07) is 12.6. The third kappa shape index (κ3) is 4.72. The lowest BCUT2D eigenvalue weighted by Crippen LogP contribution is -2.48. The first-order valence-electron chi connectivity index (χ1n) is 9.35. The molecule has 0 saturated carbocycles. The van der Waals surface area contributed by atoms with Crippen LogP contribution in [0.3, 0.4) is 0 Å². The first kappa shape index (κ1) is 21.2. The largest absolute Gasteiger partial charge is 0.373 e. The Hall–Kier alpha value is -2.55. The summed E-state index contributed by atoms with van der Waals surface area (Å²) in [6.45, 7) is 5.59. The topological polar surface area (TPSA) is 92.8 Å². The average Bonchev–Trinajstić information content (AvgIpc) is 2.67. The Bertz CT molecular complexity index is 1020. The number of carbonyl (C=O) groups excluding carboxylic acids is 2. The van der Waals surface area contributed by atoms with Gasteiger partial charge in [0.05, 0.1) is 22.8 Å². The summed E-state index contributed by atoms with van der Waals surface area (Å²) in [4.78, 5) is 24.5. The molecule has 29 heavy (non-hydrogen) atoms. The maximum atomic E-state index is 13.0. The van der Waals surface area contributed by atoms with Crippen molar-refractivity contribution in [2.24, 2.45) is 0 Å². The standard InChI is InChI=1S/C21H24N2O5S/c1-14-12-23(13-15(2)28-14)29(26,27)18-8-6-7-17(11-18)21(25)22-20-10-5-4-9-19(20)16(3)24/h4-11,14-15H,12-13H2,1-3H3,(H,22,25)/t14-,15-/m1/s1. The minimum Gasteiger partial charge on any atom is -0.373 e. The fourth-order valence-electron chi connectivity index (χ4n) is 3.37. The van der Waals surface area contributed by atoms with Gasteiger partial charge in [-0.15, -0.1) is 0 Å². The Morgan fingerprint density at radius 2 is 1.69 bits per heavy atom. The van der Waals surface area contributed by atoms with Gasteiger partial charge in [-0.2, -0.15) is 4.31 Å². The number of amides is 1. The van der Waals surface area contributed by atoms with Crippen LogP contribution in [0.15, 0.2) is 53.4 Å². The van der Waals surface area contributed by atoms with E-state index in [9.17, 15) is 18.0 Å². The van der Waals surface area contributed by atoms with Crippen molar-refractivity contribution < 1.29 is 22.7 Å². The number of sulfonamides is 1. The van der Waals surface area contributed by atoms with Crippen molar-refractivity contribution in [3.8, 4) is 0 Å². The number of morpholine rings is 1. The van der Waals surface area contributed by atoms with Gasteiger partial charge >= 0.3 is 0 Å². The highest BCUT2D eigenvalue weighted by Crippen LogP contribution is 2.23. The van der Waals surface area contributed by atoms with Crippen LogP contribution in [0.1, 0.15) is 41.5 Å². The monoisotopic (exact) mass is 416 g/mol. The number of nitrogens with one attached hydrogen (secondary N) is 1. The molecule has 0 aliphatic carbocycles. The van der Waals surface area contributed by atoms with Crippen molar-refractivity contribution in [1.82, 2.24) is 4.31 Å². The second-order valence-electron chi connectivity index (χ2n) is 7.16. The van der Waals surface area contributed by atoms with Crippen LogP contribution in [0.5, 0.6) is 0 Å². The first-order chi connectivity index (χ1) is 13.7. The van der Waals surface area contributed by atoms with Gasteiger partial charge in [-0.1, -0.05) is 18.2 Å². The van der Waals surface area contributed by atoms with E-state index in [0.717, 1.165) is 0 Å². The van der Waals surface area contributed by atoms with E-state index in [1.54, 1.807) is 24.3 Å². The predicted octanol–water partition coefficient (Wildman–Crippen LogP) is 2.94. The fourth-order valence-corrected chi connectivity index (χ4v) is 5.00. The van der Waals surface area contributed by atoms with Crippen molar-refractivity contribution in [2.45, 2.75) is 37.9 Å². The van der Waals surface area contributed by atoms with E-state index in [2.05, 4.69) is 5.32 Å². The van der Waals surface area contributed by atoms with Gasteiger partial charge in [-0.3, -0.25) is 9.59 Å². The van der Waals surface area contributed by atoms with Crippen LogP contribution in [0.4, 0.5) is 5.69 Å². The van der Waals surface area contributed by atoms with Crippen LogP contribution in [0, 0.1) is 0 Å². The van der Waals surface area contributed by atoms with Gasteiger partial charge in [0.1, 0.15) is 0 Å². The highest BCUT2D eigenvalue weighted by Gasteiger charge is 2.32. The highest BCUT2D eigenvalue weighted by molar-refractivity contribution is 7.89. The van der Waals surface area contributed by atoms with Crippen molar-refractivity contribution >= 4 is 27.4 Å². The molecule has 1 N–H and O–H groups in total. The number of ketones is 1. The van der Waals surface area contributed by atoms with Crippen LogP contribution < -0.4 is 5.32 Å². The van der Waals surface area contributed by atoms with E-state index in [-0.39, 0.29) is 41.5 Å². The number of hydrogen-bond donors (Lipinski definition) is 1. The van der Waals surface area contributed by atoms with E-state index in [1.165, 1.54) is 35.5 Å². The minimum atomic E-state index is -3.76. The smallest absolute Gasteiger partial charge is 0.255 e. The first-order valence-corrected chi connectivity index (χ1v) is 10.8. The Labute approximate surface area is 170 Å². The summed E-state index contributed by atoms with van der Waals surface area (Å²) >= 11 is 0. The molecule has 0 unspecified atom stereocenters. The quantitative estimate of drug-likeness (QED) is 0.757. The summed E-state index contributed by atoms with van der Waals surface area (Å²) in [5, 5.41) is 2.69. The fraction of sp³-hybridized carbons (Fsp3) is 0.333. The zero-order valence-corrected chi connectivity index (χ0v) is 17.4. The normalized spacial score (nSPS) is 20.2. The molecule has 2 aromatic rings. The molecule has 154 valence electrons. The number of nitrogens with zero attached hydrogens (tertiary/aromatic N) is 1. The summed E-state index contributed by atoms with van der Waals surface area (Å²) in [5.74, 6) is -0.660. The van der Waals surface area contributed by atoms with E-state index in [1.807, 2.05) is 13.8 Å². The van der Waals surface area contributed by atoms with Crippen molar-refractivity contribution in [3.63, 3.8) is 0 Å². The minimum absolute atomic E-state index is 0.0475. The summed E-state index contributed by atoms with van der Waals surface area (Å²) in [7, 11) is -3.76. The molecule has 0 bridgehead atoms. The van der Waals surface area contributed by atoms with Crippen LogP contribution in [-0.4, -0.2) is 49.7 Å². The molecule has 1 aliphatic rings. The number of Topliss-reactive ketones (excluding diaryl/α,β-unsaturated/α-hetero) is 1. The third-order valence-corrected chi connectivity index (χ3v) is 6.50. The Kier molecular flexibility index (Phi) is 6.16. The van der Waals surface area contributed by atoms with Crippen molar-refractivity contribution in [3.05, 3.63) is 59.7 Å². The molecule has 2 aromatic carbocycles. The number of para-hydroxylation sites is 1. The van der Waals surface area contributed by atoms with E-state index in [4.69, 9.17) is 4.74 Å². The van der Waals surface area contributed by atoms with Gasteiger partial charge < -0.3 is 10.1 Å². The average molecular weight is 416 g/mol. The number of benzene rings is 2. The van der Waals surface area contributed by atoms with Crippen molar-refractivity contribution in [2.75, 3.05) is 18.4 Å². The SMILES string of the molecule is CC(=O)c1ccccc1NC(=O)c1cccc(S(=O)(=O)N2C[C@@H](C)O[C@H](C)C2)c1.